The minimum absolute atomic E-state index is 0.324. The molecule has 1 heterocycles. The molecule has 0 aromatic heterocycles. The molecule has 5 nitrogen and oxygen atoms in total. The van der Waals surface area contributed by atoms with Crippen LogP contribution in [0.25, 0.3) is 0 Å². The number of fused-ring (bicyclic) bond motifs is 1. The van der Waals surface area contributed by atoms with Gasteiger partial charge in [-0.1, -0.05) is 13.3 Å². The zero-order valence-corrected chi connectivity index (χ0v) is 10.9. The van der Waals surface area contributed by atoms with Crippen molar-refractivity contribution in [2.45, 2.75) is 32.2 Å². The Morgan fingerprint density at radius 1 is 1.47 bits per heavy atom. The number of anilines is 1. The van der Waals surface area contributed by atoms with Crippen molar-refractivity contribution in [3.05, 3.63) is 29.3 Å². The maximum Gasteiger partial charge on any atom is 0.326 e. The summed E-state index contributed by atoms with van der Waals surface area (Å²) >= 11 is 0. The van der Waals surface area contributed by atoms with Crippen molar-refractivity contribution < 1.29 is 14.7 Å². The molecule has 5 heteroatoms. The number of carboxylic acid groups (broad SMARTS) is 1. The predicted octanol–water partition coefficient (Wildman–Crippen LogP) is 1.64. The molecule has 0 saturated carbocycles. The summed E-state index contributed by atoms with van der Waals surface area (Å²) in [6, 6.07) is 4.60. The molecule has 0 bridgehead atoms. The molecule has 0 saturated heterocycles. The monoisotopic (exact) mass is 262 g/mol. The summed E-state index contributed by atoms with van der Waals surface area (Å²) in [5, 5.41) is 14.8. The average molecular weight is 262 g/mol. The summed E-state index contributed by atoms with van der Waals surface area (Å²) in [4.78, 5) is 23.1. The van der Waals surface area contributed by atoms with Gasteiger partial charge >= 0.3 is 5.97 Å². The lowest BCUT2D eigenvalue weighted by atomic mass is 10.1. The third-order valence-electron chi connectivity index (χ3n) is 3.26. The number of carboxylic acids is 1. The van der Waals surface area contributed by atoms with Crippen LogP contribution in [0.5, 0.6) is 0 Å². The van der Waals surface area contributed by atoms with Crippen LogP contribution in [0, 0.1) is 0 Å². The first-order chi connectivity index (χ1) is 9.11. The SMILES string of the molecule is CCCC(NC(=O)c1ccc2c(c1)CCN2)C(=O)O. The number of amides is 1. The van der Waals surface area contributed by atoms with E-state index in [9.17, 15) is 9.59 Å². The molecule has 0 fully saturated rings. The molecule has 1 unspecified atom stereocenters. The molecule has 0 radical (unpaired) electrons. The number of hydrogen-bond donors (Lipinski definition) is 3. The molecule has 102 valence electrons. The van der Waals surface area contributed by atoms with Crippen LogP contribution in [0.4, 0.5) is 5.69 Å². The van der Waals surface area contributed by atoms with Crippen LogP contribution in [0.2, 0.25) is 0 Å². The summed E-state index contributed by atoms with van der Waals surface area (Å²) in [5.74, 6) is -1.31. The molecular weight excluding hydrogens is 244 g/mol. The predicted molar refractivity (Wildman–Crippen MR) is 72.4 cm³/mol. The highest BCUT2D eigenvalue weighted by molar-refractivity contribution is 5.97. The standard InChI is InChI=1S/C14H18N2O3/c1-2-3-12(14(18)19)16-13(17)10-4-5-11-9(8-10)6-7-15-11/h4-5,8,12,15H,2-3,6-7H2,1H3,(H,16,17)(H,18,19). The lowest BCUT2D eigenvalue weighted by Crippen LogP contribution is -2.40. The number of benzene rings is 1. The Morgan fingerprint density at radius 2 is 2.26 bits per heavy atom. The van der Waals surface area contributed by atoms with Gasteiger partial charge in [0.15, 0.2) is 0 Å². The molecule has 0 aliphatic carbocycles. The van der Waals surface area contributed by atoms with Gasteiger partial charge in [-0.25, -0.2) is 4.79 Å². The second-order valence-corrected chi connectivity index (χ2v) is 4.70. The van der Waals surface area contributed by atoms with Gasteiger partial charge in [0.25, 0.3) is 5.91 Å². The number of carbonyl (C=O) groups is 2. The number of hydrogen-bond acceptors (Lipinski definition) is 3. The van der Waals surface area contributed by atoms with E-state index in [1.54, 1.807) is 6.07 Å². The summed E-state index contributed by atoms with van der Waals surface area (Å²) in [7, 11) is 0. The molecule has 1 atom stereocenters. The van der Waals surface area contributed by atoms with Crippen LogP contribution in [0.15, 0.2) is 18.2 Å². The van der Waals surface area contributed by atoms with Crippen LogP contribution in [0.1, 0.15) is 35.7 Å². The van der Waals surface area contributed by atoms with E-state index >= 15 is 0 Å². The molecule has 3 N–H and O–H groups in total. The first-order valence-electron chi connectivity index (χ1n) is 6.52. The largest absolute Gasteiger partial charge is 0.480 e. The zero-order valence-electron chi connectivity index (χ0n) is 10.9. The minimum Gasteiger partial charge on any atom is -0.480 e. The Labute approximate surface area is 112 Å². The topological polar surface area (TPSA) is 78.4 Å². The first-order valence-corrected chi connectivity index (χ1v) is 6.52. The molecule has 1 aromatic carbocycles. The van der Waals surface area contributed by atoms with Crippen molar-refractivity contribution in [2.75, 3.05) is 11.9 Å². The quantitative estimate of drug-likeness (QED) is 0.753. The zero-order chi connectivity index (χ0) is 13.8. The lowest BCUT2D eigenvalue weighted by Gasteiger charge is -2.14. The fraction of sp³-hybridized carbons (Fsp3) is 0.429. The molecule has 1 aliphatic heterocycles. The molecule has 19 heavy (non-hydrogen) atoms. The fourth-order valence-corrected chi connectivity index (χ4v) is 2.23. The van der Waals surface area contributed by atoms with E-state index in [4.69, 9.17) is 5.11 Å². The smallest absolute Gasteiger partial charge is 0.326 e. The van der Waals surface area contributed by atoms with Crippen molar-refractivity contribution in [3.8, 4) is 0 Å². The number of carbonyl (C=O) groups excluding carboxylic acids is 1. The van der Waals surface area contributed by atoms with Crippen LogP contribution >= 0.6 is 0 Å². The van der Waals surface area contributed by atoms with E-state index in [1.165, 1.54) is 0 Å². The number of aliphatic carboxylic acids is 1. The van der Waals surface area contributed by atoms with Gasteiger partial charge in [-0.05, 0) is 36.6 Å². The van der Waals surface area contributed by atoms with Crippen molar-refractivity contribution in [3.63, 3.8) is 0 Å². The molecule has 0 spiro atoms. The highest BCUT2D eigenvalue weighted by Gasteiger charge is 2.20. The van der Waals surface area contributed by atoms with E-state index in [1.807, 2.05) is 19.1 Å². The molecule has 2 rings (SSSR count). The summed E-state index contributed by atoms with van der Waals surface area (Å²) in [6.07, 6.45) is 2.05. The van der Waals surface area contributed by atoms with Crippen LogP contribution in [-0.2, 0) is 11.2 Å². The van der Waals surface area contributed by atoms with Gasteiger partial charge in [0.05, 0.1) is 0 Å². The molecular formula is C14H18N2O3. The Balaban J connectivity index is 2.09. The third kappa shape index (κ3) is 3.05. The third-order valence-corrected chi connectivity index (χ3v) is 3.26. The molecule has 1 amide bonds. The lowest BCUT2D eigenvalue weighted by molar-refractivity contribution is -0.139. The Hall–Kier alpha value is -2.04. The van der Waals surface area contributed by atoms with E-state index in [2.05, 4.69) is 10.6 Å². The van der Waals surface area contributed by atoms with Gasteiger partial charge in [0, 0.05) is 17.8 Å². The van der Waals surface area contributed by atoms with E-state index in [0.29, 0.717) is 18.4 Å². The highest BCUT2D eigenvalue weighted by Crippen LogP contribution is 2.23. The van der Waals surface area contributed by atoms with Gasteiger partial charge in [-0.2, -0.15) is 0 Å². The van der Waals surface area contributed by atoms with E-state index in [-0.39, 0.29) is 5.91 Å². The van der Waals surface area contributed by atoms with Crippen molar-refractivity contribution >= 4 is 17.6 Å². The summed E-state index contributed by atoms with van der Waals surface area (Å²) < 4.78 is 0. The maximum absolute atomic E-state index is 12.0. The van der Waals surface area contributed by atoms with Gasteiger partial charge in [0.2, 0.25) is 0 Å². The Bertz CT molecular complexity index is 499. The van der Waals surface area contributed by atoms with Crippen LogP contribution in [0.3, 0.4) is 0 Å². The number of nitrogens with one attached hydrogen (secondary N) is 2. The normalized spacial score (nSPS) is 14.4. The maximum atomic E-state index is 12.0. The summed E-state index contributed by atoms with van der Waals surface area (Å²) in [6.45, 7) is 2.77. The first kappa shape index (κ1) is 13.4. The fourth-order valence-electron chi connectivity index (χ4n) is 2.23. The summed E-state index contributed by atoms with van der Waals surface area (Å²) in [5.41, 5.74) is 2.68. The molecule has 1 aromatic rings. The van der Waals surface area contributed by atoms with Crippen LogP contribution < -0.4 is 10.6 Å². The van der Waals surface area contributed by atoms with E-state index in [0.717, 1.165) is 24.2 Å². The number of rotatable bonds is 5. The minimum atomic E-state index is -0.988. The van der Waals surface area contributed by atoms with Gasteiger partial charge < -0.3 is 15.7 Å². The van der Waals surface area contributed by atoms with Crippen molar-refractivity contribution in [1.82, 2.24) is 5.32 Å². The Kier molecular flexibility index (Phi) is 4.04. The van der Waals surface area contributed by atoms with Crippen LogP contribution in [-0.4, -0.2) is 29.6 Å². The van der Waals surface area contributed by atoms with E-state index < -0.39 is 12.0 Å². The second kappa shape index (κ2) is 5.73. The second-order valence-electron chi connectivity index (χ2n) is 4.70. The van der Waals surface area contributed by atoms with Gasteiger partial charge in [-0.15, -0.1) is 0 Å². The van der Waals surface area contributed by atoms with Crippen molar-refractivity contribution in [1.29, 1.82) is 0 Å². The van der Waals surface area contributed by atoms with Crippen molar-refractivity contribution in [2.24, 2.45) is 0 Å². The average Bonchev–Trinajstić information content (AvgIpc) is 2.85. The highest BCUT2D eigenvalue weighted by atomic mass is 16.4. The van der Waals surface area contributed by atoms with Gasteiger partial charge in [-0.3, -0.25) is 4.79 Å². The molecule has 1 aliphatic rings. The Morgan fingerprint density at radius 3 is 2.95 bits per heavy atom. The van der Waals surface area contributed by atoms with Gasteiger partial charge in [0.1, 0.15) is 6.04 Å².